The highest BCUT2D eigenvalue weighted by atomic mass is 16.5. The first kappa shape index (κ1) is 17.4. The average Bonchev–Trinajstić information content (AvgIpc) is 2.98. The molecular weight excluding hydrogens is 320 g/mol. The zero-order valence-electron chi connectivity index (χ0n) is 14.9. The van der Waals surface area contributed by atoms with Gasteiger partial charge in [-0.05, 0) is 13.0 Å². The Morgan fingerprint density at radius 1 is 1.24 bits per heavy atom. The summed E-state index contributed by atoms with van der Waals surface area (Å²) in [5, 5.41) is 10.9. The normalized spacial score (nSPS) is 16.0. The zero-order valence-corrected chi connectivity index (χ0v) is 14.9. The van der Waals surface area contributed by atoms with Gasteiger partial charge in [-0.15, -0.1) is 10.2 Å². The minimum atomic E-state index is -0.317. The van der Waals surface area contributed by atoms with Crippen LogP contribution in [0.15, 0.2) is 28.7 Å². The molecule has 2 heterocycles. The van der Waals surface area contributed by atoms with Gasteiger partial charge in [0.1, 0.15) is 18.4 Å². The van der Waals surface area contributed by atoms with Crippen molar-refractivity contribution < 1.29 is 13.9 Å². The van der Waals surface area contributed by atoms with Gasteiger partial charge in [0.25, 0.3) is 0 Å². The van der Waals surface area contributed by atoms with Crippen LogP contribution in [0.1, 0.15) is 50.1 Å². The number of benzene rings is 1. The molecule has 134 valence electrons. The molecule has 1 aliphatic rings. The van der Waals surface area contributed by atoms with Gasteiger partial charge in [0, 0.05) is 24.6 Å². The Hall–Kier alpha value is -2.41. The summed E-state index contributed by atoms with van der Waals surface area (Å²) in [5.41, 5.74) is 1.10. The number of hydrogen-bond acceptors (Lipinski definition) is 6. The van der Waals surface area contributed by atoms with Crippen molar-refractivity contribution in [2.75, 3.05) is 19.7 Å². The first-order chi connectivity index (χ1) is 12.0. The van der Waals surface area contributed by atoms with Crippen molar-refractivity contribution in [3.8, 4) is 5.75 Å². The average molecular weight is 344 g/mol. The highest BCUT2D eigenvalue weighted by Crippen LogP contribution is 2.22. The molecular formula is C18H24N4O3. The van der Waals surface area contributed by atoms with E-state index in [0.29, 0.717) is 38.0 Å². The first-order valence-corrected chi connectivity index (χ1v) is 8.58. The van der Waals surface area contributed by atoms with Crippen molar-refractivity contribution >= 4 is 5.91 Å². The fraction of sp³-hybridized carbons (Fsp3) is 0.500. The molecule has 7 heteroatoms. The maximum atomic E-state index is 12.4. The number of fused-ring (bicyclic) bond motifs is 1. The molecule has 0 aliphatic carbocycles. The number of nitrogens with one attached hydrogen (secondary N) is 1. The summed E-state index contributed by atoms with van der Waals surface area (Å²) in [7, 11) is 0. The van der Waals surface area contributed by atoms with Crippen LogP contribution in [0.5, 0.6) is 5.75 Å². The molecule has 3 rings (SSSR count). The van der Waals surface area contributed by atoms with E-state index in [9.17, 15) is 4.79 Å². The Balaban J connectivity index is 1.56. The van der Waals surface area contributed by atoms with Gasteiger partial charge in [0.15, 0.2) is 0 Å². The molecule has 1 aromatic carbocycles. The summed E-state index contributed by atoms with van der Waals surface area (Å²) < 4.78 is 11.3. The van der Waals surface area contributed by atoms with Gasteiger partial charge in [0.05, 0.1) is 6.54 Å². The van der Waals surface area contributed by atoms with Crippen LogP contribution in [0.2, 0.25) is 0 Å². The highest BCUT2D eigenvalue weighted by Gasteiger charge is 2.21. The fourth-order valence-corrected chi connectivity index (χ4v) is 2.72. The molecule has 1 aromatic heterocycles. The van der Waals surface area contributed by atoms with Crippen LogP contribution in [0, 0.1) is 0 Å². The Morgan fingerprint density at radius 2 is 2.00 bits per heavy atom. The van der Waals surface area contributed by atoms with Crippen LogP contribution < -0.4 is 10.1 Å². The fourth-order valence-electron chi connectivity index (χ4n) is 2.72. The topological polar surface area (TPSA) is 80.5 Å². The molecule has 25 heavy (non-hydrogen) atoms. The van der Waals surface area contributed by atoms with Crippen molar-refractivity contribution in [1.82, 2.24) is 20.4 Å². The van der Waals surface area contributed by atoms with E-state index in [4.69, 9.17) is 9.15 Å². The molecule has 2 aromatic rings. The van der Waals surface area contributed by atoms with E-state index in [1.807, 2.05) is 45.0 Å². The summed E-state index contributed by atoms with van der Waals surface area (Å²) in [6.45, 7) is 8.08. The maximum Gasteiger partial charge on any atom is 0.238 e. The van der Waals surface area contributed by atoms with Crippen LogP contribution >= 0.6 is 0 Å². The Bertz CT molecular complexity index is 729. The standard InChI is InChI=1S/C18H24N4O3/c1-12(2)17-20-21-18(25-17)13(3)19-16(23)11-22-8-9-24-15-7-5-4-6-14(15)10-22/h4-7,12-13H,8-11H2,1-3H3,(H,19,23)/t13-/m1/s1. The van der Waals surface area contributed by atoms with Crippen LogP contribution in [-0.2, 0) is 11.3 Å². The lowest BCUT2D eigenvalue weighted by Gasteiger charge is -2.19. The SMILES string of the molecule is CC(C)c1nnc([C@@H](C)NC(=O)CN2CCOc3ccccc3C2)o1. The van der Waals surface area contributed by atoms with Crippen LogP contribution in [-0.4, -0.2) is 40.7 Å². The molecule has 7 nitrogen and oxygen atoms in total. The minimum Gasteiger partial charge on any atom is -0.492 e. The molecule has 0 saturated heterocycles. The highest BCUT2D eigenvalue weighted by molar-refractivity contribution is 5.78. The van der Waals surface area contributed by atoms with Crippen LogP contribution in [0.25, 0.3) is 0 Å². The number of rotatable bonds is 5. The van der Waals surface area contributed by atoms with Crippen molar-refractivity contribution in [2.45, 2.75) is 39.3 Å². The van der Waals surface area contributed by atoms with Crippen molar-refractivity contribution in [3.05, 3.63) is 41.6 Å². The van der Waals surface area contributed by atoms with Gasteiger partial charge >= 0.3 is 0 Å². The second kappa shape index (κ2) is 7.65. The number of ether oxygens (including phenoxy) is 1. The predicted octanol–water partition coefficient (Wildman–Crippen LogP) is 2.26. The lowest BCUT2D eigenvalue weighted by Crippen LogP contribution is -2.39. The molecule has 1 N–H and O–H groups in total. The molecule has 0 bridgehead atoms. The predicted molar refractivity (Wildman–Crippen MR) is 92.2 cm³/mol. The van der Waals surface area contributed by atoms with Crippen molar-refractivity contribution in [1.29, 1.82) is 0 Å². The van der Waals surface area contributed by atoms with Crippen molar-refractivity contribution in [2.24, 2.45) is 0 Å². The Morgan fingerprint density at radius 3 is 2.76 bits per heavy atom. The smallest absolute Gasteiger partial charge is 0.238 e. The third-order valence-electron chi connectivity index (χ3n) is 4.10. The summed E-state index contributed by atoms with van der Waals surface area (Å²) in [5.74, 6) is 2.00. The summed E-state index contributed by atoms with van der Waals surface area (Å²) in [4.78, 5) is 14.4. The Labute approximate surface area is 147 Å². The van der Waals surface area contributed by atoms with Gasteiger partial charge in [0.2, 0.25) is 17.7 Å². The third kappa shape index (κ3) is 4.36. The number of amides is 1. The number of nitrogens with zero attached hydrogens (tertiary/aromatic N) is 3. The quantitative estimate of drug-likeness (QED) is 0.896. The van der Waals surface area contributed by atoms with Gasteiger partial charge in [-0.3, -0.25) is 9.69 Å². The van der Waals surface area contributed by atoms with Crippen LogP contribution in [0.4, 0.5) is 0 Å². The van der Waals surface area contributed by atoms with E-state index in [0.717, 1.165) is 11.3 Å². The summed E-state index contributed by atoms with van der Waals surface area (Å²) in [6.07, 6.45) is 0. The lowest BCUT2D eigenvalue weighted by molar-refractivity contribution is -0.123. The second-order valence-corrected chi connectivity index (χ2v) is 6.59. The first-order valence-electron chi connectivity index (χ1n) is 8.58. The third-order valence-corrected chi connectivity index (χ3v) is 4.10. The number of para-hydroxylation sites is 1. The molecule has 1 aliphatic heterocycles. The molecule has 0 fully saturated rings. The lowest BCUT2D eigenvalue weighted by atomic mass is 10.2. The number of hydrogen-bond donors (Lipinski definition) is 1. The summed E-state index contributed by atoms with van der Waals surface area (Å²) >= 11 is 0. The number of carbonyl (C=O) groups is 1. The molecule has 0 radical (unpaired) electrons. The van der Waals surface area contributed by atoms with E-state index < -0.39 is 0 Å². The van der Waals surface area contributed by atoms with Gasteiger partial charge < -0.3 is 14.5 Å². The van der Waals surface area contributed by atoms with Gasteiger partial charge in [-0.2, -0.15) is 0 Å². The van der Waals surface area contributed by atoms with Crippen LogP contribution in [0.3, 0.4) is 0 Å². The summed E-state index contributed by atoms with van der Waals surface area (Å²) in [6, 6.07) is 7.61. The second-order valence-electron chi connectivity index (χ2n) is 6.59. The molecule has 0 unspecified atom stereocenters. The molecule has 1 atom stereocenters. The van der Waals surface area contributed by atoms with E-state index in [-0.39, 0.29) is 17.9 Å². The maximum absolute atomic E-state index is 12.4. The van der Waals surface area contributed by atoms with E-state index in [2.05, 4.69) is 20.4 Å². The van der Waals surface area contributed by atoms with Gasteiger partial charge in [-0.25, -0.2) is 0 Å². The Kier molecular flexibility index (Phi) is 5.33. The molecule has 1 amide bonds. The molecule has 0 saturated carbocycles. The monoisotopic (exact) mass is 344 g/mol. The molecule has 0 spiro atoms. The number of aromatic nitrogens is 2. The van der Waals surface area contributed by atoms with Gasteiger partial charge in [-0.1, -0.05) is 32.0 Å². The minimum absolute atomic E-state index is 0.0730. The van der Waals surface area contributed by atoms with E-state index >= 15 is 0 Å². The van der Waals surface area contributed by atoms with E-state index in [1.165, 1.54) is 0 Å². The van der Waals surface area contributed by atoms with Crippen molar-refractivity contribution in [3.63, 3.8) is 0 Å². The largest absolute Gasteiger partial charge is 0.492 e. The zero-order chi connectivity index (χ0) is 17.8. The van der Waals surface area contributed by atoms with E-state index in [1.54, 1.807) is 0 Å². The number of carbonyl (C=O) groups excluding carboxylic acids is 1.